The fraction of sp³-hybridized carbons (Fsp3) is 0.217. The Morgan fingerprint density at radius 2 is 1.79 bits per heavy atom. The molecule has 2 aromatic carbocycles. The Bertz CT molecular complexity index is 959. The van der Waals surface area contributed by atoms with Gasteiger partial charge in [0.1, 0.15) is 17.3 Å². The van der Waals surface area contributed by atoms with Crippen LogP contribution in [-0.2, 0) is 6.42 Å². The van der Waals surface area contributed by atoms with E-state index in [1.165, 1.54) is 0 Å². The third-order valence-corrected chi connectivity index (χ3v) is 4.34. The zero-order valence-corrected chi connectivity index (χ0v) is 16.6. The monoisotopic (exact) mass is 391 g/mol. The fourth-order valence-corrected chi connectivity index (χ4v) is 2.95. The van der Waals surface area contributed by atoms with E-state index < -0.39 is 0 Å². The minimum Gasteiger partial charge on any atom is -0.496 e. The van der Waals surface area contributed by atoms with E-state index in [9.17, 15) is 4.79 Å². The summed E-state index contributed by atoms with van der Waals surface area (Å²) in [6.07, 6.45) is 2.30. The van der Waals surface area contributed by atoms with Crippen molar-refractivity contribution < 1.29 is 14.3 Å². The molecule has 0 atom stereocenters. The van der Waals surface area contributed by atoms with Gasteiger partial charge in [-0.3, -0.25) is 4.79 Å². The average molecular weight is 391 g/mol. The maximum Gasteiger partial charge on any atom is 0.251 e. The molecule has 0 saturated heterocycles. The molecule has 0 bridgehead atoms. The number of nitrogens with zero attached hydrogens (tertiary/aromatic N) is 1. The highest BCUT2D eigenvalue weighted by molar-refractivity contribution is 5.95. The summed E-state index contributed by atoms with van der Waals surface area (Å²) in [6.45, 7) is 3.02. The Labute approximate surface area is 170 Å². The maximum absolute atomic E-state index is 12.5. The summed E-state index contributed by atoms with van der Waals surface area (Å²) in [5, 5.41) is 6.16. The number of carbonyl (C=O) groups is 1. The molecule has 29 heavy (non-hydrogen) atoms. The predicted octanol–water partition coefficient (Wildman–Crippen LogP) is 4.21. The first kappa shape index (κ1) is 20.2. The SMILES string of the molecule is CCOc1ccccc1Nc1cc(C(=O)NCCc2ccccc2OC)ccn1. The molecule has 0 saturated carbocycles. The lowest BCUT2D eigenvalue weighted by molar-refractivity contribution is 0.0954. The van der Waals surface area contributed by atoms with Gasteiger partial charge < -0.3 is 20.1 Å². The number of hydrogen-bond donors (Lipinski definition) is 2. The Balaban J connectivity index is 1.62. The Morgan fingerprint density at radius 1 is 1.03 bits per heavy atom. The number of pyridine rings is 1. The van der Waals surface area contributed by atoms with Crippen molar-refractivity contribution in [3.05, 3.63) is 78.0 Å². The van der Waals surface area contributed by atoms with Crippen LogP contribution in [0.5, 0.6) is 11.5 Å². The molecular weight excluding hydrogens is 366 g/mol. The summed E-state index contributed by atoms with van der Waals surface area (Å²) in [5.41, 5.74) is 2.40. The molecule has 150 valence electrons. The van der Waals surface area contributed by atoms with Crippen molar-refractivity contribution in [1.29, 1.82) is 0 Å². The van der Waals surface area contributed by atoms with Crippen molar-refractivity contribution in [2.45, 2.75) is 13.3 Å². The molecule has 0 fully saturated rings. The largest absolute Gasteiger partial charge is 0.496 e. The second-order valence-corrected chi connectivity index (χ2v) is 6.30. The van der Waals surface area contributed by atoms with E-state index in [1.807, 2.05) is 55.5 Å². The second-order valence-electron chi connectivity index (χ2n) is 6.30. The minimum absolute atomic E-state index is 0.150. The number of para-hydroxylation sites is 3. The molecule has 0 spiro atoms. The van der Waals surface area contributed by atoms with E-state index in [4.69, 9.17) is 9.47 Å². The van der Waals surface area contributed by atoms with E-state index in [-0.39, 0.29) is 5.91 Å². The maximum atomic E-state index is 12.5. The fourth-order valence-electron chi connectivity index (χ4n) is 2.95. The number of nitrogens with one attached hydrogen (secondary N) is 2. The number of ether oxygens (including phenoxy) is 2. The Morgan fingerprint density at radius 3 is 2.59 bits per heavy atom. The minimum atomic E-state index is -0.150. The van der Waals surface area contributed by atoms with Crippen molar-refractivity contribution in [2.75, 3.05) is 25.6 Å². The second kappa shape index (κ2) is 10.1. The molecule has 1 heterocycles. The van der Waals surface area contributed by atoms with Crippen LogP contribution in [0.4, 0.5) is 11.5 Å². The van der Waals surface area contributed by atoms with Crippen LogP contribution in [0.15, 0.2) is 66.9 Å². The first-order chi connectivity index (χ1) is 14.2. The molecule has 0 aliphatic heterocycles. The van der Waals surface area contributed by atoms with Gasteiger partial charge in [-0.25, -0.2) is 4.98 Å². The Hall–Kier alpha value is -3.54. The molecule has 6 nitrogen and oxygen atoms in total. The molecule has 6 heteroatoms. The normalized spacial score (nSPS) is 10.3. The lowest BCUT2D eigenvalue weighted by Gasteiger charge is -2.12. The van der Waals surface area contributed by atoms with Crippen LogP contribution >= 0.6 is 0 Å². The van der Waals surface area contributed by atoms with Crippen LogP contribution in [0.25, 0.3) is 0 Å². The van der Waals surface area contributed by atoms with Crippen molar-refractivity contribution >= 4 is 17.4 Å². The van der Waals surface area contributed by atoms with Gasteiger partial charge in [-0.15, -0.1) is 0 Å². The van der Waals surface area contributed by atoms with Gasteiger partial charge in [-0.05, 0) is 49.2 Å². The number of benzene rings is 2. The molecule has 3 aromatic rings. The predicted molar refractivity (Wildman–Crippen MR) is 114 cm³/mol. The van der Waals surface area contributed by atoms with E-state index >= 15 is 0 Å². The van der Waals surface area contributed by atoms with Crippen LogP contribution in [0.2, 0.25) is 0 Å². The summed E-state index contributed by atoms with van der Waals surface area (Å²) in [6, 6.07) is 18.8. The highest BCUT2D eigenvalue weighted by Crippen LogP contribution is 2.26. The van der Waals surface area contributed by atoms with Gasteiger partial charge >= 0.3 is 0 Å². The first-order valence-corrected chi connectivity index (χ1v) is 9.56. The Kier molecular flexibility index (Phi) is 7.05. The molecule has 2 N–H and O–H groups in total. The number of carbonyl (C=O) groups excluding carboxylic acids is 1. The topological polar surface area (TPSA) is 72.5 Å². The number of amides is 1. The van der Waals surface area contributed by atoms with Gasteiger partial charge in [0, 0.05) is 18.3 Å². The molecule has 0 aliphatic rings. The van der Waals surface area contributed by atoms with Gasteiger partial charge in [-0.2, -0.15) is 0 Å². The van der Waals surface area contributed by atoms with E-state index in [0.717, 1.165) is 22.7 Å². The zero-order valence-electron chi connectivity index (χ0n) is 16.6. The van der Waals surface area contributed by atoms with Crippen LogP contribution < -0.4 is 20.1 Å². The van der Waals surface area contributed by atoms with E-state index in [1.54, 1.807) is 25.4 Å². The van der Waals surface area contributed by atoms with Gasteiger partial charge in [0.2, 0.25) is 0 Å². The van der Waals surface area contributed by atoms with Crippen LogP contribution in [-0.4, -0.2) is 31.2 Å². The quantitative estimate of drug-likeness (QED) is 0.572. The third-order valence-electron chi connectivity index (χ3n) is 4.34. The zero-order chi connectivity index (χ0) is 20.5. The molecular formula is C23H25N3O3. The molecule has 0 radical (unpaired) electrons. The summed E-state index contributed by atoms with van der Waals surface area (Å²) in [7, 11) is 1.65. The van der Waals surface area contributed by atoms with Crippen molar-refractivity contribution in [1.82, 2.24) is 10.3 Å². The van der Waals surface area contributed by atoms with Crippen LogP contribution in [0, 0.1) is 0 Å². The first-order valence-electron chi connectivity index (χ1n) is 9.56. The lowest BCUT2D eigenvalue weighted by atomic mass is 10.1. The summed E-state index contributed by atoms with van der Waals surface area (Å²) in [5.74, 6) is 1.99. The number of hydrogen-bond acceptors (Lipinski definition) is 5. The van der Waals surface area contributed by atoms with E-state index in [2.05, 4.69) is 15.6 Å². The standard InChI is InChI=1S/C23H25N3O3/c1-3-29-21-11-7-5-9-19(21)26-22-16-18(13-14-24-22)23(27)25-15-12-17-8-4-6-10-20(17)28-2/h4-11,13-14,16H,3,12,15H2,1-2H3,(H,24,26)(H,25,27). The van der Waals surface area contributed by atoms with Crippen molar-refractivity contribution in [3.8, 4) is 11.5 Å². The molecule has 3 rings (SSSR count). The summed E-state index contributed by atoms with van der Waals surface area (Å²) in [4.78, 5) is 16.8. The van der Waals surface area contributed by atoms with Crippen LogP contribution in [0.1, 0.15) is 22.8 Å². The van der Waals surface area contributed by atoms with Gasteiger partial charge in [0.05, 0.1) is 19.4 Å². The lowest BCUT2D eigenvalue weighted by Crippen LogP contribution is -2.25. The number of aromatic nitrogens is 1. The third kappa shape index (κ3) is 5.48. The highest BCUT2D eigenvalue weighted by atomic mass is 16.5. The molecule has 1 amide bonds. The molecule has 0 unspecified atom stereocenters. The van der Waals surface area contributed by atoms with Crippen molar-refractivity contribution in [2.24, 2.45) is 0 Å². The van der Waals surface area contributed by atoms with Gasteiger partial charge in [-0.1, -0.05) is 30.3 Å². The molecule has 0 aliphatic carbocycles. The highest BCUT2D eigenvalue weighted by Gasteiger charge is 2.09. The van der Waals surface area contributed by atoms with Gasteiger partial charge in [0.15, 0.2) is 0 Å². The number of rotatable bonds is 9. The number of anilines is 2. The summed E-state index contributed by atoms with van der Waals surface area (Å²) < 4.78 is 11.0. The molecule has 1 aromatic heterocycles. The smallest absolute Gasteiger partial charge is 0.251 e. The van der Waals surface area contributed by atoms with Crippen molar-refractivity contribution in [3.63, 3.8) is 0 Å². The summed E-state index contributed by atoms with van der Waals surface area (Å²) >= 11 is 0. The van der Waals surface area contributed by atoms with Crippen LogP contribution in [0.3, 0.4) is 0 Å². The number of methoxy groups -OCH3 is 1. The van der Waals surface area contributed by atoms with Gasteiger partial charge in [0.25, 0.3) is 5.91 Å². The van der Waals surface area contributed by atoms with E-state index in [0.29, 0.717) is 31.0 Å². The average Bonchev–Trinajstić information content (AvgIpc) is 2.76.